The van der Waals surface area contributed by atoms with Gasteiger partial charge in [-0.05, 0) is 47.8 Å². The largest absolute Gasteiger partial charge is 0.352 e. The minimum atomic E-state index is -0.0662. The number of amides is 1. The van der Waals surface area contributed by atoms with Gasteiger partial charge < -0.3 is 11.1 Å². The van der Waals surface area contributed by atoms with Gasteiger partial charge in [0, 0.05) is 12.6 Å². The van der Waals surface area contributed by atoms with E-state index in [9.17, 15) is 4.79 Å². The van der Waals surface area contributed by atoms with Crippen LogP contribution in [0.4, 0.5) is 0 Å². The number of carbonyl (C=O) groups is 1. The van der Waals surface area contributed by atoms with Crippen LogP contribution in [0.25, 0.3) is 0 Å². The van der Waals surface area contributed by atoms with Crippen LogP contribution in [0.3, 0.4) is 0 Å². The second-order valence-corrected chi connectivity index (χ2v) is 9.55. The first kappa shape index (κ1) is 16.8. The molecule has 4 atom stereocenters. The zero-order chi connectivity index (χ0) is 16.1. The van der Waals surface area contributed by atoms with Crippen molar-refractivity contribution in [3.63, 3.8) is 0 Å². The van der Waals surface area contributed by atoms with Crippen molar-refractivity contribution in [3.8, 4) is 0 Å². The fourth-order valence-corrected chi connectivity index (χ4v) is 4.94. The highest BCUT2D eigenvalue weighted by molar-refractivity contribution is 5.79. The van der Waals surface area contributed by atoms with Gasteiger partial charge >= 0.3 is 0 Å². The Morgan fingerprint density at radius 3 is 2.38 bits per heavy atom. The van der Waals surface area contributed by atoms with Crippen LogP contribution in [-0.4, -0.2) is 18.5 Å². The van der Waals surface area contributed by atoms with E-state index in [0.717, 1.165) is 12.3 Å². The molecule has 2 rings (SSSR count). The van der Waals surface area contributed by atoms with E-state index in [4.69, 9.17) is 5.73 Å². The summed E-state index contributed by atoms with van der Waals surface area (Å²) in [6, 6.07) is 0.297. The van der Waals surface area contributed by atoms with Crippen molar-refractivity contribution in [2.75, 3.05) is 6.54 Å². The van der Waals surface area contributed by atoms with Crippen LogP contribution >= 0.6 is 0 Å². The van der Waals surface area contributed by atoms with Crippen molar-refractivity contribution in [1.29, 1.82) is 0 Å². The Bertz CT molecular complexity index is 405. The summed E-state index contributed by atoms with van der Waals surface area (Å²) >= 11 is 0. The monoisotopic (exact) mass is 294 g/mol. The van der Waals surface area contributed by atoms with Gasteiger partial charge in [0.2, 0.25) is 5.91 Å². The molecule has 21 heavy (non-hydrogen) atoms. The van der Waals surface area contributed by atoms with E-state index in [1.54, 1.807) is 0 Å². The zero-order valence-electron chi connectivity index (χ0n) is 14.8. The zero-order valence-corrected chi connectivity index (χ0v) is 14.8. The van der Waals surface area contributed by atoms with Crippen molar-refractivity contribution < 1.29 is 4.79 Å². The Hall–Kier alpha value is -0.570. The third kappa shape index (κ3) is 3.13. The molecular weight excluding hydrogens is 260 g/mol. The van der Waals surface area contributed by atoms with E-state index >= 15 is 0 Å². The van der Waals surface area contributed by atoms with Gasteiger partial charge in [0.1, 0.15) is 0 Å². The van der Waals surface area contributed by atoms with Gasteiger partial charge in [-0.3, -0.25) is 4.79 Å². The van der Waals surface area contributed by atoms with E-state index in [0.29, 0.717) is 12.6 Å². The number of hydrogen-bond acceptors (Lipinski definition) is 2. The van der Waals surface area contributed by atoms with Crippen molar-refractivity contribution in [3.05, 3.63) is 0 Å². The first-order valence-corrected chi connectivity index (χ1v) is 8.50. The van der Waals surface area contributed by atoms with Crippen LogP contribution in [0, 0.1) is 28.1 Å². The lowest BCUT2D eigenvalue weighted by Crippen LogP contribution is -2.54. The van der Waals surface area contributed by atoms with Gasteiger partial charge in [-0.25, -0.2) is 0 Å². The Labute approximate surface area is 130 Å². The Balaban J connectivity index is 2.08. The number of rotatable bonds is 4. The highest BCUT2D eigenvalue weighted by Crippen LogP contribution is 2.62. The van der Waals surface area contributed by atoms with Crippen LogP contribution in [0.15, 0.2) is 0 Å². The molecule has 4 unspecified atom stereocenters. The quantitative estimate of drug-likeness (QED) is 0.835. The lowest BCUT2D eigenvalue weighted by Gasteiger charge is -2.43. The standard InChI is InChI=1S/C18H34N2O/c1-16(2,3)9-12(11-19)14(21)20-15-17(4,5)13-7-8-18(15,6)10-13/h12-13,15H,7-11,19H2,1-6H3,(H,20,21). The number of hydrogen-bond donors (Lipinski definition) is 2. The van der Waals surface area contributed by atoms with Gasteiger partial charge in [-0.15, -0.1) is 0 Å². The molecule has 2 bridgehead atoms. The lowest BCUT2D eigenvalue weighted by molar-refractivity contribution is -0.128. The summed E-state index contributed by atoms with van der Waals surface area (Å²) in [7, 11) is 0. The average Bonchev–Trinajstić information content (AvgIpc) is 2.81. The topological polar surface area (TPSA) is 55.1 Å². The van der Waals surface area contributed by atoms with Gasteiger partial charge in [-0.1, -0.05) is 41.5 Å². The molecule has 0 radical (unpaired) electrons. The predicted molar refractivity (Wildman–Crippen MR) is 87.8 cm³/mol. The molecule has 0 aromatic carbocycles. The first-order chi connectivity index (χ1) is 9.49. The van der Waals surface area contributed by atoms with Crippen LogP contribution in [-0.2, 0) is 4.79 Å². The van der Waals surface area contributed by atoms with E-state index in [-0.39, 0.29) is 28.1 Å². The smallest absolute Gasteiger partial charge is 0.224 e. The van der Waals surface area contributed by atoms with Gasteiger partial charge in [0.25, 0.3) is 0 Å². The Kier molecular flexibility index (Phi) is 4.20. The third-order valence-corrected chi connectivity index (χ3v) is 6.07. The molecule has 3 N–H and O–H groups in total. The molecule has 2 aliphatic rings. The maximum atomic E-state index is 12.7. The maximum Gasteiger partial charge on any atom is 0.224 e. The van der Waals surface area contributed by atoms with Gasteiger partial charge in [0.15, 0.2) is 0 Å². The molecule has 1 amide bonds. The summed E-state index contributed by atoms with van der Waals surface area (Å²) in [6.07, 6.45) is 4.68. The van der Waals surface area contributed by atoms with Crippen molar-refractivity contribution in [2.24, 2.45) is 33.8 Å². The molecule has 0 heterocycles. The maximum absolute atomic E-state index is 12.7. The van der Waals surface area contributed by atoms with Gasteiger partial charge in [0.05, 0.1) is 5.92 Å². The third-order valence-electron chi connectivity index (χ3n) is 6.07. The summed E-state index contributed by atoms with van der Waals surface area (Å²) in [6.45, 7) is 14.0. The second-order valence-electron chi connectivity index (χ2n) is 9.55. The average molecular weight is 294 g/mol. The van der Waals surface area contributed by atoms with Crippen LogP contribution < -0.4 is 11.1 Å². The Morgan fingerprint density at radius 1 is 1.33 bits per heavy atom. The lowest BCUT2D eigenvalue weighted by atomic mass is 9.68. The molecule has 2 saturated carbocycles. The molecule has 0 aromatic heterocycles. The molecule has 0 aromatic rings. The molecule has 3 nitrogen and oxygen atoms in total. The Morgan fingerprint density at radius 2 is 1.95 bits per heavy atom. The highest BCUT2D eigenvalue weighted by atomic mass is 16.2. The molecule has 2 fully saturated rings. The molecule has 2 aliphatic carbocycles. The van der Waals surface area contributed by atoms with E-state index in [1.165, 1.54) is 19.3 Å². The normalized spacial score (nSPS) is 35.8. The minimum Gasteiger partial charge on any atom is -0.352 e. The van der Waals surface area contributed by atoms with Crippen LogP contribution in [0.1, 0.15) is 67.2 Å². The second kappa shape index (κ2) is 5.26. The van der Waals surface area contributed by atoms with Crippen LogP contribution in [0.5, 0.6) is 0 Å². The van der Waals surface area contributed by atoms with Gasteiger partial charge in [-0.2, -0.15) is 0 Å². The number of nitrogens with one attached hydrogen (secondary N) is 1. The van der Waals surface area contributed by atoms with E-state index in [2.05, 4.69) is 46.9 Å². The van der Waals surface area contributed by atoms with Crippen molar-refractivity contribution in [2.45, 2.75) is 73.3 Å². The summed E-state index contributed by atoms with van der Waals surface area (Å²) in [5.41, 5.74) is 6.50. The number of carbonyl (C=O) groups excluding carboxylic acids is 1. The fourth-order valence-electron chi connectivity index (χ4n) is 4.94. The predicted octanol–water partition coefficient (Wildman–Crippen LogP) is 3.33. The first-order valence-electron chi connectivity index (χ1n) is 8.50. The number of fused-ring (bicyclic) bond motifs is 2. The molecule has 3 heteroatoms. The SMILES string of the molecule is CC(C)(C)CC(CN)C(=O)NC1C2(C)CCC(C2)C1(C)C. The fraction of sp³-hybridized carbons (Fsp3) is 0.944. The summed E-state index contributed by atoms with van der Waals surface area (Å²) < 4.78 is 0. The van der Waals surface area contributed by atoms with E-state index in [1.807, 2.05) is 0 Å². The number of nitrogens with two attached hydrogens (primary N) is 1. The minimum absolute atomic E-state index is 0.0662. The summed E-state index contributed by atoms with van der Waals surface area (Å²) in [4.78, 5) is 12.7. The molecule has 0 spiro atoms. The van der Waals surface area contributed by atoms with Crippen molar-refractivity contribution in [1.82, 2.24) is 5.32 Å². The highest BCUT2D eigenvalue weighted by Gasteiger charge is 2.59. The van der Waals surface area contributed by atoms with Crippen molar-refractivity contribution >= 4 is 5.91 Å². The molecular formula is C18H34N2O. The summed E-state index contributed by atoms with van der Waals surface area (Å²) in [5, 5.41) is 3.40. The van der Waals surface area contributed by atoms with Crippen LogP contribution in [0.2, 0.25) is 0 Å². The van der Waals surface area contributed by atoms with E-state index < -0.39 is 0 Å². The summed E-state index contributed by atoms with van der Waals surface area (Å²) in [5.74, 6) is 0.856. The molecule has 0 aliphatic heterocycles. The molecule has 0 saturated heterocycles. The molecule has 122 valence electrons.